The lowest BCUT2D eigenvalue weighted by molar-refractivity contribution is -0.161. The maximum atomic E-state index is 13.1. The second kappa shape index (κ2) is 71.8. The summed E-state index contributed by atoms with van der Waals surface area (Å²) >= 11 is 0. The molecule has 19 heteroatoms. The fraction of sp³-hybridized carbons (Fsp3) is 0.605. The Balaban J connectivity index is 5.46. The Kier molecular flexibility index (Phi) is 67.8. The van der Waals surface area contributed by atoms with Gasteiger partial charge >= 0.3 is 39.5 Å². The van der Waals surface area contributed by atoms with Gasteiger partial charge in [-0.2, -0.15) is 0 Å². The van der Waals surface area contributed by atoms with E-state index in [-0.39, 0.29) is 25.7 Å². The van der Waals surface area contributed by atoms with Crippen LogP contribution in [0.3, 0.4) is 0 Å². The molecule has 3 N–H and O–H groups in total. The molecule has 0 radical (unpaired) electrons. The van der Waals surface area contributed by atoms with Crippen LogP contribution in [0.2, 0.25) is 0 Å². The van der Waals surface area contributed by atoms with Crippen LogP contribution in [0.5, 0.6) is 0 Å². The molecule has 17 nitrogen and oxygen atoms in total. The smallest absolute Gasteiger partial charge is 0.462 e. The minimum atomic E-state index is -5.02. The minimum Gasteiger partial charge on any atom is -0.462 e. The first-order chi connectivity index (χ1) is 48.7. The lowest BCUT2D eigenvalue weighted by Crippen LogP contribution is -2.30. The molecule has 0 rings (SSSR count). The van der Waals surface area contributed by atoms with Gasteiger partial charge in [0, 0.05) is 12.8 Å². The number of hydrogen-bond acceptors (Lipinski definition) is 15. The third-order valence-corrected chi connectivity index (χ3v) is 16.7. The van der Waals surface area contributed by atoms with Crippen LogP contribution in [0, 0.1) is 0 Å². The summed E-state index contributed by atoms with van der Waals surface area (Å²) in [6.45, 7) is 4.24. The van der Waals surface area contributed by atoms with E-state index in [1.165, 1.54) is 38.5 Å². The number of carbonyl (C=O) groups excluding carboxylic acids is 4. The number of aliphatic hydroxyl groups is 1. The quantitative estimate of drug-likeness (QED) is 0.0169. The molecule has 0 saturated carbocycles. The van der Waals surface area contributed by atoms with Crippen LogP contribution in [-0.4, -0.2) is 96.7 Å². The topological polar surface area (TPSA) is 237 Å². The van der Waals surface area contributed by atoms with Gasteiger partial charge in [0.2, 0.25) is 0 Å². The Morgan fingerprint density at radius 2 is 0.570 bits per heavy atom. The maximum Gasteiger partial charge on any atom is 0.472 e. The first kappa shape index (κ1) is 94.4. The van der Waals surface area contributed by atoms with Crippen molar-refractivity contribution in [2.24, 2.45) is 0 Å². The van der Waals surface area contributed by atoms with Crippen LogP contribution in [0.1, 0.15) is 259 Å². The van der Waals surface area contributed by atoms with Crippen LogP contribution in [-0.2, 0) is 65.4 Å². The van der Waals surface area contributed by atoms with Crippen molar-refractivity contribution < 1.29 is 80.2 Å². The number of esters is 4. The predicted octanol–water partition coefficient (Wildman–Crippen LogP) is 21.4. The van der Waals surface area contributed by atoms with Crippen LogP contribution in [0.15, 0.2) is 170 Å². The molecule has 0 aromatic heterocycles. The van der Waals surface area contributed by atoms with Gasteiger partial charge in [-0.05, 0) is 116 Å². The number of phosphoric ester groups is 2. The van der Waals surface area contributed by atoms with E-state index in [1.807, 2.05) is 30.4 Å². The van der Waals surface area contributed by atoms with Gasteiger partial charge in [0.1, 0.15) is 19.3 Å². The van der Waals surface area contributed by atoms with E-state index in [9.17, 15) is 43.2 Å². The first-order valence-electron chi connectivity index (χ1n) is 37.4. The molecular formula is C81H130O17P2. The molecule has 0 aromatic carbocycles. The Labute approximate surface area is 603 Å². The monoisotopic (exact) mass is 1440 g/mol. The summed E-state index contributed by atoms with van der Waals surface area (Å²) in [6.07, 6.45) is 84.2. The third kappa shape index (κ3) is 70.8. The van der Waals surface area contributed by atoms with Crippen molar-refractivity contribution in [3.63, 3.8) is 0 Å². The molecule has 5 unspecified atom stereocenters. The second-order valence-electron chi connectivity index (χ2n) is 24.1. The number of rotatable bonds is 68. The van der Waals surface area contributed by atoms with Crippen LogP contribution >= 0.6 is 15.6 Å². The highest BCUT2D eigenvalue weighted by molar-refractivity contribution is 7.47. The average molecular weight is 1440 g/mol. The predicted molar refractivity (Wildman–Crippen MR) is 408 cm³/mol. The largest absolute Gasteiger partial charge is 0.472 e. The number of ether oxygens (including phenoxy) is 4. The number of aliphatic hydroxyl groups excluding tert-OH is 1. The Morgan fingerprint density at radius 3 is 0.930 bits per heavy atom. The second-order valence-corrected chi connectivity index (χ2v) is 27.0. The fourth-order valence-electron chi connectivity index (χ4n) is 9.18. The molecule has 0 aliphatic rings. The molecule has 0 bridgehead atoms. The molecule has 5 atom stereocenters. The van der Waals surface area contributed by atoms with E-state index in [2.05, 4.69) is 149 Å². The molecule has 0 heterocycles. The minimum absolute atomic E-state index is 0.0836. The molecule has 0 aromatic rings. The van der Waals surface area contributed by atoms with Crippen molar-refractivity contribution >= 4 is 39.5 Å². The Hall–Kier alpha value is -5.58. The first-order valence-corrected chi connectivity index (χ1v) is 40.4. The number of carbonyl (C=O) groups is 4. The molecule has 0 amide bonds. The van der Waals surface area contributed by atoms with Gasteiger partial charge in [0.15, 0.2) is 12.2 Å². The normalized spacial score (nSPS) is 14.9. The van der Waals surface area contributed by atoms with E-state index >= 15 is 0 Å². The van der Waals surface area contributed by atoms with Crippen molar-refractivity contribution in [3.05, 3.63) is 170 Å². The number of hydrogen-bond donors (Lipinski definition) is 3. The van der Waals surface area contributed by atoms with Crippen molar-refractivity contribution in [1.29, 1.82) is 0 Å². The molecule has 0 aliphatic heterocycles. The summed E-state index contributed by atoms with van der Waals surface area (Å²) < 4.78 is 68.1. The molecule has 566 valence electrons. The van der Waals surface area contributed by atoms with Crippen LogP contribution < -0.4 is 0 Å². The highest BCUT2D eigenvalue weighted by Crippen LogP contribution is 2.45. The molecular weight excluding hydrogens is 1310 g/mol. The van der Waals surface area contributed by atoms with Crippen molar-refractivity contribution in [2.75, 3.05) is 39.6 Å². The third-order valence-electron chi connectivity index (χ3n) is 14.8. The van der Waals surface area contributed by atoms with Crippen molar-refractivity contribution in [3.8, 4) is 0 Å². The standard InChI is InChI=1S/C81H130O17P2/c1-5-9-13-17-21-25-29-32-35-36-37-38-41-43-47-50-54-58-62-66-79(84)91-71-76(97-80(85)67-63-59-55-51-45-28-24-20-16-12-8-4)73-95-99(87,88)93-69-75(82)70-94-100(89,90)96-74-77(98-81(86)68-64-60-56-52-48-44-40-34-31-27-23-19-15-11-7-3)72-92-78(83)65-61-57-53-49-46-42-39-33-30-26-22-18-14-10-6-2/h9-11,13-15,21-23,25-27,32-35,37-40,46,48-49,52,57,60-61,64,75-77,82H,5-8,12,16-20,24,28-31,36,41-45,47,50-51,53-56,58-59,62-63,65-74H2,1-4H3,(H,87,88)(H,89,90)/b13-9-,14-10-,15-11-,25-21-,26-22-,27-23-,35-32-,38-37-,39-33-,40-34-,49-46-,52-48-,61-57-,64-60-. The molecule has 0 saturated heterocycles. The van der Waals surface area contributed by atoms with Gasteiger partial charge in [-0.15, -0.1) is 0 Å². The van der Waals surface area contributed by atoms with E-state index in [4.69, 9.17) is 37.0 Å². The summed E-state index contributed by atoms with van der Waals surface area (Å²) in [6, 6.07) is 0. The van der Waals surface area contributed by atoms with E-state index in [1.54, 1.807) is 18.2 Å². The summed E-state index contributed by atoms with van der Waals surface area (Å²) in [5, 5.41) is 10.6. The zero-order chi connectivity index (χ0) is 73.2. The highest BCUT2D eigenvalue weighted by atomic mass is 31.2. The lowest BCUT2D eigenvalue weighted by Gasteiger charge is -2.21. The molecule has 0 spiro atoms. The van der Waals surface area contributed by atoms with E-state index in [0.29, 0.717) is 25.7 Å². The molecule has 0 aliphatic carbocycles. The fourth-order valence-corrected chi connectivity index (χ4v) is 10.8. The summed E-state index contributed by atoms with van der Waals surface area (Å²) in [4.78, 5) is 72.6. The summed E-state index contributed by atoms with van der Waals surface area (Å²) in [7, 11) is -10.0. The molecule has 0 fully saturated rings. The lowest BCUT2D eigenvalue weighted by atomic mass is 10.1. The van der Waals surface area contributed by atoms with Gasteiger partial charge in [-0.3, -0.25) is 37.3 Å². The van der Waals surface area contributed by atoms with E-state index < -0.39 is 97.5 Å². The number of unbranched alkanes of at least 4 members (excludes halogenated alkanes) is 16. The van der Waals surface area contributed by atoms with Crippen molar-refractivity contribution in [2.45, 2.75) is 277 Å². The van der Waals surface area contributed by atoms with Gasteiger partial charge in [-0.25, -0.2) is 9.13 Å². The average Bonchev–Trinajstić information content (AvgIpc) is 0.966. The van der Waals surface area contributed by atoms with Crippen LogP contribution in [0.4, 0.5) is 0 Å². The van der Waals surface area contributed by atoms with Gasteiger partial charge in [-0.1, -0.05) is 288 Å². The number of allylic oxidation sites excluding steroid dienone is 26. The highest BCUT2D eigenvalue weighted by Gasteiger charge is 2.30. The Bertz CT molecular complexity index is 2570. The maximum absolute atomic E-state index is 13.1. The zero-order valence-corrected chi connectivity index (χ0v) is 63.3. The van der Waals surface area contributed by atoms with Crippen molar-refractivity contribution in [1.82, 2.24) is 0 Å². The van der Waals surface area contributed by atoms with Gasteiger partial charge in [0.05, 0.1) is 39.3 Å². The Morgan fingerprint density at radius 1 is 0.300 bits per heavy atom. The SMILES string of the molecule is CC/C=C\C/C=C\C/C=C\C/C=C\C/C=C\CC(=O)OCC(COP(=O)(O)OCC(O)COP(=O)(O)OCC(COC(=O)CCCCCCCC/C=C\C/C=C\C/C=C\C/C=C\CC)OC(=O)CCCCCCCCCCCCC)OC(=O)C/C=C\C/C=C\C/C=C\C/C=C\C/C=C\CC. The summed E-state index contributed by atoms with van der Waals surface area (Å²) in [5.41, 5.74) is 0. The van der Waals surface area contributed by atoms with Crippen LogP contribution in [0.25, 0.3) is 0 Å². The van der Waals surface area contributed by atoms with Gasteiger partial charge < -0.3 is 33.8 Å². The molecule has 100 heavy (non-hydrogen) atoms. The number of phosphoric acid groups is 2. The van der Waals surface area contributed by atoms with Gasteiger partial charge in [0.25, 0.3) is 0 Å². The van der Waals surface area contributed by atoms with E-state index in [0.717, 1.165) is 141 Å². The zero-order valence-electron chi connectivity index (χ0n) is 61.5. The summed E-state index contributed by atoms with van der Waals surface area (Å²) in [5.74, 6) is -2.50.